The van der Waals surface area contributed by atoms with Gasteiger partial charge in [0.15, 0.2) is 11.6 Å². The van der Waals surface area contributed by atoms with Crippen LogP contribution in [0.15, 0.2) is 12.1 Å². The van der Waals surface area contributed by atoms with Gasteiger partial charge in [-0.25, -0.2) is 8.78 Å². The fourth-order valence-corrected chi connectivity index (χ4v) is 1.29. The second kappa shape index (κ2) is 4.97. The Bertz CT molecular complexity index is 377. The summed E-state index contributed by atoms with van der Waals surface area (Å²) in [6.45, 7) is 5.38. The van der Waals surface area contributed by atoms with Gasteiger partial charge >= 0.3 is 0 Å². The number of nitrogens with two attached hydrogens (primary N) is 1. The highest BCUT2D eigenvalue weighted by Crippen LogP contribution is 2.37. The zero-order valence-electron chi connectivity index (χ0n) is 9.42. The SMILES string of the molecule is CC(C)(C)[C@@H](N)c1c(F)ccc(F)c1O.Cl. The highest BCUT2D eigenvalue weighted by molar-refractivity contribution is 5.85. The Kier molecular flexibility index (Phi) is 4.70. The number of hydrogen-bond acceptors (Lipinski definition) is 2. The predicted octanol–water partition coefficient (Wildman–Crippen LogP) is 3.14. The largest absolute Gasteiger partial charge is 0.505 e. The first kappa shape index (κ1) is 15.1. The molecule has 1 aromatic carbocycles. The average molecular weight is 252 g/mol. The van der Waals surface area contributed by atoms with Gasteiger partial charge in [0.1, 0.15) is 5.82 Å². The molecule has 3 N–H and O–H groups in total. The molecule has 2 nitrogen and oxygen atoms in total. The first-order valence-corrected chi connectivity index (χ1v) is 4.67. The van der Waals surface area contributed by atoms with Crippen molar-refractivity contribution in [2.24, 2.45) is 11.1 Å². The van der Waals surface area contributed by atoms with Gasteiger partial charge in [0, 0.05) is 11.6 Å². The van der Waals surface area contributed by atoms with E-state index in [1.165, 1.54) is 0 Å². The Hall–Kier alpha value is -0.870. The molecule has 5 heteroatoms. The van der Waals surface area contributed by atoms with Crippen molar-refractivity contribution in [3.8, 4) is 5.75 Å². The molecular weight excluding hydrogens is 236 g/mol. The second-order valence-corrected chi connectivity index (χ2v) is 4.64. The van der Waals surface area contributed by atoms with Gasteiger partial charge in [-0.1, -0.05) is 20.8 Å². The lowest BCUT2D eigenvalue weighted by Crippen LogP contribution is -2.27. The van der Waals surface area contributed by atoms with Crippen LogP contribution in [0, 0.1) is 17.0 Å². The molecule has 0 aromatic heterocycles. The highest BCUT2D eigenvalue weighted by atomic mass is 35.5. The number of rotatable bonds is 1. The fourth-order valence-electron chi connectivity index (χ4n) is 1.29. The minimum Gasteiger partial charge on any atom is -0.505 e. The molecule has 0 bridgehead atoms. The maximum Gasteiger partial charge on any atom is 0.165 e. The molecule has 0 heterocycles. The molecule has 0 saturated heterocycles. The van der Waals surface area contributed by atoms with Gasteiger partial charge in [0.2, 0.25) is 0 Å². The summed E-state index contributed by atoms with van der Waals surface area (Å²) in [6, 6.07) is 1.09. The summed E-state index contributed by atoms with van der Waals surface area (Å²) >= 11 is 0. The Morgan fingerprint density at radius 2 is 1.62 bits per heavy atom. The van der Waals surface area contributed by atoms with Gasteiger partial charge in [0.25, 0.3) is 0 Å². The standard InChI is InChI=1S/C11H15F2NO.ClH/c1-11(2,3)10(14)8-6(12)4-5-7(13)9(8)15;/h4-5,10,15H,14H2,1-3H3;1H/t10-;/m0./s1. The molecule has 0 unspecified atom stereocenters. The van der Waals surface area contributed by atoms with Crippen molar-refractivity contribution < 1.29 is 13.9 Å². The molecule has 0 fully saturated rings. The van der Waals surface area contributed by atoms with Crippen molar-refractivity contribution >= 4 is 12.4 Å². The third-order valence-electron chi connectivity index (χ3n) is 2.36. The quantitative estimate of drug-likeness (QED) is 0.806. The van der Waals surface area contributed by atoms with Crippen LogP contribution >= 0.6 is 12.4 Å². The van der Waals surface area contributed by atoms with Crippen LogP contribution in [-0.2, 0) is 0 Å². The van der Waals surface area contributed by atoms with Crippen LogP contribution in [0.3, 0.4) is 0 Å². The molecule has 0 saturated carbocycles. The maximum absolute atomic E-state index is 13.4. The van der Waals surface area contributed by atoms with E-state index in [0.29, 0.717) is 0 Å². The van der Waals surface area contributed by atoms with Crippen LogP contribution in [0.2, 0.25) is 0 Å². The molecule has 0 spiro atoms. The Morgan fingerprint density at radius 3 is 2.06 bits per heavy atom. The van der Waals surface area contributed by atoms with Gasteiger partial charge in [0.05, 0.1) is 0 Å². The van der Waals surface area contributed by atoms with E-state index in [0.717, 1.165) is 12.1 Å². The highest BCUT2D eigenvalue weighted by Gasteiger charge is 2.28. The molecule has 0 radical (unpaired) electrons. The lowest BCUT2D eigenvalue weighted by atomic mass is 9.82. The van der Waals surface area contributed by atoms with E-state index < -0.39 is 28.8 Å². The molecule has 16 heavy (non-hydrogen) atoms. The van der Waals surface area contributed by atoms with Crippen molar-refractivity contribution in [3.05, 3.63) is 29.3 Å². The summed E-state index contributed by atoms with van der Waals surface area (Å²) in [5.41, 5.74) is 5.16. The molecule has 0 aliphatic carbocycles. The lowest BCUT2D eigenvalue weighted by Gasteiger charge is -2.28. The van der Waals surface area contributed by atoms with E-state index in [2.05, 4.69) is 0 Å². The summed E-state index contributed by atoms with van der Waals surface area (Å²) in [4.78, 5) is 0. The Balaban J connectivity index is 0.00000225. The number of benzene rings is 1. The number of phenols is 1. The molecule has 0 aliphatic rings. The van der Waals surface area contributed by atoms with Gasteiger partial charge < -0.3 is 10.8 Å². The summed E-state index contributed by atoms with van der Waals surface area (Å²) in [7, 11) is 0. The smallest absolute Gasteiger partial charge is 0.165 e. The van der Waals surface area contributed by atoms with Crippen molar-refractivity contribution in [1.82, 2.24) is 0 Å². The van der Waals surface area contributed by atoms with E-state index in [1.807, 2.05) is 0 Å². The minimum absolute atomic E-state index is 0. The van der Waals surface area contributed by atoms with Crippen LogP contribution in [0.4, 0.5) is 8.78 Å². The fraction of sp³-hybridized carbons (Fsp3) is 0.455. The Labute approximate surface area is 99.9 Å². The molecule has 0 amide bonds. The number of hydrogen-bond donors (Lipinski definition) is 2. The number of halogens is 3. The summed E-state index contributed by atoms with van der Waals surface area (Å²) in [5.74, 6) is -2.24. The number of aromatic hydroxyl groups is 1. The van der Waals surface area contributed by atoms with Gasteiger partial charge in [-0.2, -0.15) is 0 Å². The first-order chi connectivity index (χ1) is 6.75. The van der Waals surface area contributed by atoms with Crippen LogP contribution in [0.25, 0.3) is 0 Å². The van der Waals surface area contributed by atoms with Crippen molar-refractivity contribution in [2.45, 2.75) is 26.8 Å². The topological polar surface area (TPSA) is 46.2 Å². The average Bonchev–Trinajstić information content (AvgIpc) is 2.10. The van der Waals surface area contributed by atoms with E-state index in [-0.39, 0.29) is 18.0 Å². The summed E-state index contributed by atoms with van der Waals surface area (Å²) in [5, 5.41) is 9.42. The molecule has 0 aliphatic heterocycles. The molecule has 1 atom stereocenters. The zero-order valence-corrected chi connectivity index (χ0v) is 10.2. The predicted molar refractivity (Wildman–Crippen MR) is 61.7 cm³/mol. The summed E-state index contributed by atoms with van der Waals surface area (Å²) < 4.78 is 26.4. The van der Waals surface area contributed by atoms with Crippen molar-refractivity contribution in [3.63, 3.8) is 0 Å². The maximum atomic E-state index is 13.4. The number of phenolic OH excluding ortho intramolecular Hbond substituents is 1. The summed E-state index contributed by atoms with van der Waals surface area (Å²) in [6.07, 6.45) is 0. The third kappa shape index (κ3) is 2.83. The minimum atomic E-state index is -0.855. The van der Waals surface area contributed by atoms with Crippen molar-refractivity contribution in [2.75, 3.05) is 0 Å². The van der Waals surface area contributed by atoms with Crippen LogP contribution in [0.1, 0.15) is 32.4 Å². The van der Waals surface area contributed by atoms with Crippen LogP contribution in [-0.4, -0.2) is 5.11 Å². The van der Waals surface area contributed by atoms with E-state index in [1.54, 1.807) is 20.8 Å². The van der Waals surface area contributed by atoms with Crippen molar-refractivity contribution in [1.29, 1.82) is 0 Å². The lowest BCUT2D eigenvalue weighted by molar-refractivity contribution is 0.304. The van der Waals surface area contributed by atoms with Crippen LogP contribution < -0.4 is 5.73 Å². The Morgan fingerprint density at radius 1 is 1.19 bits per heavy atom. The molecule has 1 aromatic rings. The van der Waals surface area contributed by atoms with Gasteiger partial charge in [-0.15, -0.1) is 12.4 Å². The van der Waals surface area contributed by atoms with Gasteiger partial charge in [-0.3, -0.25) is 0 Å². The van der Waals surface area contributed by atoms with E-state index in [9.17, 15) is 13.9 Å². The normalized spacial score (nSPS) is 13.1. The third-order valence-corrected chi connectivity index (χ3v) is 2.36. The molecular formula is C11H16ClF2NO. The first-order valence-electron chi connectivity index (χ1n) is 4.67. The monoisotopic (exact) mass is 251 g/mol. The van der Waals surface area contributed by atoms with E-state index >= 15 is 0 Å². The van der Waals surface area contributed by atoms with Crippen LogP contribution in [0.5, 0.6) is 5.75 Å². The second-order valence-electron chi connectivity index (χ2n) is 4.64. The molecule has 1 rings (SSSR count). The zero-order chi connectivity index (χ0) is 11.8. The van der Waals surface area contributed by atoms with E-state index in [4.69, 9.17) is 5.73 Å². The molecule has 92 valence electrons. The van der Waals surface area contributed by atoms with Gasteiger partial charge in [-0.05, 0) is 17.5 Å².